The average molecular weight is 268 g/mol. The van der Waals surface area contributed by atoms with Crippen molar-refractivity contribution < 1.29 is 5.11 Å². The second-order valence-electron chi connectivity index (χ2n) is 7.10. The summed E-state index contributed by atoms with van der Waals surface area (Å²) in [6.45, 7) is 7.07. The molecular formula is C16H32N2O. The normalized spacial score (nSPS) is 24.3. The SMILES string of the molecule is CNC(CO)(CN(CC(C)C)C1CCCC1)C1CC1. The molecule has 3 nitrogen and oxygen atoms in total. The van der Waals surface area contributed by atoms with Crippen LogP contribution in [0.5, 0.6) is 0 Å². The molecular weight excluding hydrogens is 236 g/mol. The maximum absolute atomic E-state index is 9.92. The zero-order valence-corrected chi connectivity index (χ0v) is 13.0. The molecule has 3 heteroatoms. The van der Waals surface area contributed by atoms with Crippen LogP contribution in [0, 0.1) is 11.8 Å². The zero-order chi connectivity index (χ0) is 13.9. The van der Waals surface area contributed by atoms with E-state index in [2.05, 4.69) is 24.1 Å². The molecule has 0 bridgehead atoms. The first-order valence-electron chi connectivity index (χ1n) is 8.15. The molecule has 0 saturated heterocycles. The van der Waals surface area contributed by atoms with Gasteiger partial charge in [0.2, 0.25) is 0 Å². The molecule has 2 N–H and O–H groups in total. The summed E-state index contributed by atoms with van der Waals surface area (Å²) in [4.78, 5) is 2.67. The van der Waals surface area contributed by atoms with Gasteiger partial charge in [-0.3, -0.25) is 4.90 Å². The van der Waals surface area contributed by atoms with E-state index in [9.17, 15) is 5.11 Å². The van der Waals surface area contributed by atoms with Crippen LogP contribution in [0.15, 0.2) is 0 Å². The predicted octanol–water partition coefficient (Wildman–Crippen LogP) is 2.25. The maximum Gasteiger partial charge on any atom is 0.0628 e. The van der Waals surface area contributed by atoms with Gasteiger partial charge < -0.3 is 10.4 Å². The molecule has 2 fully saturated rings. The summed E-state index contributed by atoms with van der Waals surface area (Å²) in [7, 11) is 2.02. The van der Waals surface area contributed by atoms with Crippen molar-refractivity contribution in [1.29, 1.82) is 0 Å². The second kappa shape index (κ2) is 6.55. The summed E-state index contributed by atoms with van der Waals surface area (Å²) in [5, 5.41) is 13.4. The van der Waals surface area contributed by atoms with Crippen LogP contribution >= 0.6 is 0 Å². The molecule has 0 aromatic heterocycles. The van der Waals surface area contributed by atoms with E-state index in [1.54, 1.807) is 0 Å². The third-order valence-electron chi connectivity index (χ3n) is 5.06. The average Bonchev–Trinajstić information content (AvgIpc) is 3.10. The van der Waals surface area contributed by atoms with E-state index < -0.39 is 0 Å². The lowest BCUT2D eigenvalue weighted by Crippen LogP contribution is -2.58. The van der Waals surface area contributed by atoms with Crippen molar-refractivity contribution in [3.05, 3.63) is 0 Å². The van der Waals surface area contributed by atoms with Crippen LogP contribution in [0.3, 0.4) is 0 Å². The van der Waals surface area contributed by atoms with Gasteiger partial charge in [0.15, 0.2) is 0 Å². The molecule has 1 atom stereocenters. The Kier molecular flexibility index (Phi) is 5.27. The molecule has 0 aliphatic heterocycles. The Hall–Kier alpha value is -0.120. The molecule has 0 heterocycles. The Morgan fingerprint density at radius 3 is 2.26 bits per heavy atom. The number of nitrogens with one attached hydrogen (secondary N) is 1. The Bertz CT molecular complexity index is 266. The van der Waals surface area contributed by atoms with Crippen LogP contribution in [-0.4, -0.2) is 48.3 Å². The van der Waals surface area contributed by atoms with E-state index in [0.717, 1.165) is 12.6 Å². The monoisotopic (exact) mass is 268 g/mol. The van der Waals surface area contributed by atoms with Crippen molar-refractivity contribution in [2.75, 3.05) is 26.7 Å². The molecule has 19 heavy (non-hydrogen) atoms. The fourth-order valence-corrected chi connectivity index (χ4v) is 3.75. The summed E-state index contributed by atoms with van der Waals surface area (Å²) < 4.78 is 0. The first-order chi connectivity index (χ1) is 9.11. The minimum absolute atomic E-state index is 0.0581. The fourth-order valence-electron chi connectivity index (χ4n) is 3.75. The third-order valence-corrected chi connectivity index (χ3v) is 5.06. The Morgan fingerprint density at radius 2 is 1.84 bits per heavy atom. The van der Waals surface area contributed by atoms with Crippen molar-refractivity contribution in [3.63, 3.8) is 0 Å². The quantitative estimate of drug-likeness (QED) is 0.709. The number of likely N-dealkylation sites (N-methyl/N-ethyl adjacent to an activating group) is 1. The Labute approximate surface area is 118 Å². The molecule has 2 rings (SSSR count). The molecule has 2 saturated carbocycles. The van der Waals surface area contributed by atoms with Gasteiger partial charge in [-0.2, -0.15) is 0 Å². The Balaban J connectivity index is 2.04. The molecule has 2 aliphatic carbocycles. The minimum atomic E-state index is -0.0581. The highest BCUT2D eigenvalue weighted by molar-refractivity contribution is 5.03. The van der Waals surface area contributed by atoms with E-state index in [4.69, 9.17) is 0 Å². The van der Waals surface area contributed by atoms with Crippen LogP contribution in [0.1, 0.15) is 52.4 Å². The van der Waals surface area contributed by atoms with Gasteiger partial charge in [0.05, 0.1) is 12.1 Å². The van der Waals surface area contributed by atoms with Gasteiger partial charge in [0.25, 0.3) is 0 Å². The third kappa shape index (κ3) is 3.71. The van der Waals surface area contributed by atoms with Crippen LogP contribution in [0.4, 0.5) is 0 Å². The molecule has 112 valence electrons. The summed E-state index contributed by atoms with van der Waals surface area (Å²) in [6, 6.07) is 0.750. The lowest BCUT2D eigenvalue weighted by atomic mass is 9.92. The number of hydrogen-bond donors (Lipinski definition) is 2. The van der Waals surface area contributed by atoms with Crippen molar-refractivity contribution in [1.82, 2.24) is 10.2 Å². The van der Waals surface area contributed by atoms with Gasteiger partial charge in [-0.15, -0.1) is 0 Å². The number of nitrogens with zero attached hydrogens (tertiary/aromatic N) is 1. The minimum Gasteiger partial charge on any atom is -0.394 e. The van der Waals surface area contributed by atoms with Crippen LogP contribution < -0.4 is 5.32 Å². The van der Waals surface area contributed by atoms with E-state index >= 15 is 0 Å². The van der Waals surface area contributed by atoms with E-state index in [0.29, 0.717) is 11.8 Å². The predicted molar refractivity (Wildman–Crippen MR) is 80.3 cm³/mol. The highest BCUT2D eigenvalue weighted by atomic mass is 16.3. The highest BCUT2D eigenvalue weighted by Gasteiger charge is 2.45. The molecule has 1 unspecified atom stereocenters. The van der Waals surface area contributed by atoms with E-state index in [1.165, 1.54) is 45.1 Å². The molecule has 0 aromatic rings. The Morgan fingerprint density at radius 1 is 1.21 bits per heavy atom. The molecule has 2 aliphatic rings. The maximum atomic E-state index is 9.92. The van der Waals surface area contributed by atoms with E-state index in [1.807, 2.05) is 7.05 Å². The second-order valence-corrected chi connectivity index (χ2v) is 7.10. The van der Waals surface area contributed by atoms with Crippen molar-refractivity contribution >= 4 is 0 Å². The number of aliphatic hydroxyl groups is 1. The molecule has 0 aromatic carbocycles. The summed E-state index contributed by atoms with van der Waals surface area (Å²) >= 11 is 0. The molecule has 0 spiro atoms. The highest BCUT2D eigenvalue weighted by Crippen LogP contribution is 2.40. The largest absolute Gasteiger partial charge is 0.394 e. The summed E-state index contributed by atoms with van der Waals surface area (Å²) in [5.74, 6) is 1.38. The van der Waals surface area contributed by atoms with Crippen molar-refractivity contribution in [3.8, 4) is 0 Å². The molecule has 0 radical (unpaired) electrons. The fraction of sp³-hybridized carbons (Fsp3) is 1.00. The van der Waals surface area contributed by atoms with Gasteiger partial charge in [-0.05, 0) is 44.6 Å². The number of aliphatic hydroxyl groups excluding tert-OH is 1. The van der Waals surface area contributed by atoms with Crippen molar-refractivity contribution in [2.45, 2.75) is 64.0 Å². The van der Waals surface area contributed by atoms with Crippen LogP contribution in [0.2, 0.25) is 0 Å². The van der Waals surface area contributed by atoms with Crippen LogP contribution in [-0.2, 0) is 0 Å². The van der Waals surface area contributed by atoms with Gasteiger partial charge in [-0.25, -0.2) is 0 Å². The smallest absolute Gasteiger partial charge is 0.0628 e. The number of rotatable bonds is 8. The van der Waals surface area contributed by atoms with Gasteiger partial charge in [-0.1, -0.05) is 26.7 Å². The lowest BCUT2D eigenvalue weighted by Gasteiger charge is -2.41. The van der Waals surface area contributed by atoms with Gasteiger partial charge in [0.1, 0.15) is 0 Å². The topological polar surface area (TPSA) is 35.5 Å². The standard InChI is InChI=1S/C16H32N2O/c1-13(2)10-18(15-6-4-5-7-15)11-16(12-19,17-3)14-8-9-14/h13-15,17,19H,4-12H2,1-3H3. The van der Waals surface area contributed by atoms with Crippen molar-refractivity contribution in [2.24, 2.45) is 11.8 Å². The summed E-state index contributed by atoms with van der Waals surface area (Å²) in [6.07, 6.45) is 8.02. The van der Waals surface area contributed by atoms with E-state index in [-0.39, 0.29) is 12.1 Å². The number of hydrogen-bond acceptors (Lipinski definition) is 3. The zero-order valence-electron chi connectivity index (χ0n) is 13.0. The first-order valence-corrected chi connectivity index (χ1v) is 8.15. The lowest BCUT2D eigenvalue weighted by molar-refractivity contribution is 0.0687. The van der Waals surface area contributed by atoms with Crippen LogP contribution in [0.25, 0.3) is 0 Å². The first kappa shape index (κ1) is 15.3. The van der Waals surface area contributed by atoms with Gasteiger partial charge in [0, 0.05) is 19.1 Å². The summed E-state index contributed by atoms with van der Waals surface area (Å²) in [5.41, 5.74) is -0.0581. The van der Waals surface area contributed by atoms with Gasteiger partial charge >= 0.3 is 0 Å². The molecule has 0 amide bonds.